The summed E-state index contributed by atoms with van der Waals surface area (Å²) in [7, 11) is 1.88. The highest BCUT2D eigenvalue weighted by atomic mass is 16.6. The van der Waals surface area contributed by atoms with Crippen LogP contribution >= 0.6 is 0 Å². The molecule has 0 unspecified atom stereocenters. The van der Waals surface area contributed by atoms with Crippen molar-refractivity contribution in [1.29, 1.82) is 0 Å². The number of benzene rings is 3. The van der Waals surface area contributed by atoms with E-state index in [1.807, 2.05) is 82.4 Å². The molecule has 1 fully saturated rings. The first-order chi connectivity index (χ1) is 20.0. The quantitative estimate of drug-likeness (QED) is 0.223. The second-order valence-electron chi connectivity index (χ2n) is 11.7. The Kier molecular flexibility index (Phi) is 7.69. The molecule has 3 aromatic carbocycles. The molecular weight excluding hydrogens is 530 g/mol. The maximum Gasteiger partial charge on any atom is 0.405 e. The maximum atomic E-state index is 14.4. The molecule has 4 aromatic rings. The van der Waals surface area contributed by atoms with E-state index < -0.39 is 29.1 Å². The Morgan fingerprint density at radius 2 is 1.64 bits per heavy atom. The van der Waals surface area contributed by atoms with Gasteiger partial charge in [0.2, 0.25) is 11.5 Å². The number of nitrogens with zero attached hydrogens (tertiary/aromatic N) is 1. The summed E-state index contributed by atoms with van der Waals surface area (Å²) in [5.74, 6) is -0.763. The highest BCUT2D eigenvalue weighted by Gasteiger charge is 2.57. The molecule has 3 amide bonds. The van der Waals surface area contributed by atoms with Gasteiger partial charge in [-0.1, -0.05) is 63.2 Å². The molecule has 1 aliphatic heterocycles. The van der Waals surface area contributed by atoms with Crippen molar-refractivity contribution in [3.63, 3.8) is 0 Å². The average molecular weight is 568 g/mol. The standard InChI is InChI=1S/C33H37N5O4/c1-32(2,3)33(42-31(34)41,23-9-6-5-7-10-23)30(40)38-18-8-11-28(38)29(39)36-25-16-17-26-22(19-25)20-27(37-26)21-12-14-24(35-4)15-13-21/h5-7,9-10,12-17,19-20,28,35,37H,8,11,18H2,1-4H3,(H2,34,41)(H,36,39)/t28-,33+/m0/s1. The predicted octanol–water partition coefficient (Wildman–Crippen LogP) is 5.84. The number of aromatic nitrogens is 1. The molecule has 218 valence electrons. The van der Waals surface area contributed by atoms with Crippen molar-refractivity contribution in [3.8, 4) is 11.3 Å². The number of anilines is 2. The molecule has 0 radical (unpaired) electrons. The van der Waals surface area contributed by atoms with Gasteiger partial charge in [-0.2, -0.15) is 0 Å². The molecule has 2 heterocycles. The number of nitrogens with two attached hydrogens (primary N) is 1. The number of rotatable bonds is 7. The molecule has 0 spiro atoms. The zero-order valence-corrected chi connectivity index (χ0v) is 24.4. The van der Waals surface area contributed by atoms with Crippen molar-refractivity contribution in [2.45, 2.75) is 45.3 Å². The summed E-state index contributed by atoms with van der Waals surface area (Å²) in [6.45, 7) is 5.82. The van der Waals surface area contributed by atoms with Crippen LogP contribution in [0.1, 0.15) is 39.2 Å². The minimum absolute atomic E-state index is 0.298. The van der Waals surface area contributed by atoms with E-state index in [2.05, 4.69) is 15.6 Å². The fourth-order valence-electron chi connectivity index (χ4n) is 5.85. The molecule has 9 heteroatoms. The van der Waals surface area contributed by atoms with Gasteiger partial charge >= 0.3 is 6.09 Å². The molecule has 5 N–H and O–H groups in total. The lowest BCUT2D eigenvalue weighted by Gasteiger charge is -2.45. The van der Waals surface area contributed by atoms with Crippen LogP contribution in [-0.2, 0) is 19.9 Å². The van der Waals surface area contributed by atoms with E-state index >= 15 is 0 Å². The Labute approximate surface area is 245 Å². The number of nitrogens with one attached hydrogen (secondary N) is 3. The number of fused-ring (bicyclic) bond motifs is 1. The van der Waals surface area contributed by atoms with Gasteiger partial charge in [0.05, 0.1) is 0 Å². The number of H-pyrrole nitrogens is 1. The number of hydrogen-bond donors (Lipinski definition) is 4. The second-order valence-corrected chi connectivity index (χ2v) is 11.7. The lowest BCUT2D eigenvalue weighted by molar-refractivity contribution is -0.168. The van der Waals surface area contributed by atoms with Gasteiger partial charge < -0.3 is 31.0 Å². The number of aromatic amines is 1. The zero-order chi connectivity index (χ0) is 30.1. The van der Waals surface area contributed by atoms with E-state index in [-0.39, 0.29) is 5.91 Å². The third-order valence-corrected chi connectivity index (χ3v) is 7.98. The van der Waals surface area contributed by atoms with Crippen molar-refractivity contribution in [1.82, 2.24) is 9.88 Å². The van der Waals surface area contributed by atoms with Gasteiger partial charge in [0.15, 0.2) is 0 Å². The molecule has 5 rings (SSSR count). The van der Waals surface area contributed by atoms with E-state index in [4.69, 9.17) is 10.5 Å². The lowest BCUT2D eigenvalue weighted by atomic mass is 9.70. The van der Waals surface area contributed by atoms with Crippen LogP contribution in [0, 0.1) is 5.41 Å². The van der Waals surface area contributed by atoms with Crippen LogP contribution in [0.4, 0.5) is 16.2 Å². The Bertz CT molecular complexity index is 1610. The van der Waals surface area contributed by atoms with Gasteiger partial charge in [-0.05, 0) is 54.8 Å². The van der Waals surface area contributed by atoms with Crippen LogP contribution in [0.5, 0.6) is 0 Å². The molecule has 0 bridgehead atoms. The second kappa shape index (κ2) is 11.2. The van der Waals surface area contributed by atoms with Crippen LogP contribution < -0.4 is 16.4 Å². The fourth-order valence-corrected chi connectivity index (χ4v) is 5.85. The van der Waals surface area contributed by atoms with Gasteiger partial charge in [-0.15, -0.1) is 0 Å². The van der Waals surface area contributed by atoms with Crippen molar-refractivity contribution >= 4 is 40.2 Å². The molecule has 1 aromatic heterocycles. The normalized spacial score (nSPS) is 16.6. The van der Waals surface area contributed by atoms with Crippen molar-refractivity contribution in [3.05, 3.63) is 84.4 Å². The number of likely N-dealkylation sites (tertiary alicyclic amines) is 1. The van der Waals surface area contributed by atoms with Crippen molar-refractivity contribution in [2.75, 3.05) is 24.2 Å². The van der Waals surface area contributed by atoms with Crippen LogP contribution in [-0.4, -0.2) is 47.4 Å². The first kappa shape index (κ1) is 28.7. The van der Waals surface area contributed by atoms with Crippen molar-refractivity contribution < 1.29 is 19.1 Å². The van der Waals surface area contributed by atoms with E-state index in [1.165, 1.54) is 4.90 Å². The van der Waals surface area contributed by atoms with Crippen LogP contribution in [0.15, 0.2) is 78.9 Å². The van der Waals surface area contributed by atoms with Crippen LogP contribution in [0.2, 0.25) is 0 Å². The maximum absolute atomic E-state index is 14.4. The summed E-state index contributed by atoms with van der Waals surface area (Å²) in [6.07, 6.45) is 0.0732. The Morgan fingerprint density at radius 1 is 0.952 bits per heavy atom. The Hall–Kier alpha value is -4.79. The van der Waals surface area contributed by atoms with E-state index in [0.29, 0.717) is 30.6 Å². The van der Waals surface area contributed by atoms with Gasteiger partial charge in [-0.25, -0.2) is 4.79 Å². The summed E-state index contributed by atoms with van der Waals surface area (Å²) >= 11 is 0. The van der Waals surface area contributed by atoms with Crippen LogP contribution in [0.25, 0.3) is 22.2 Å². The summed E-state index contributed by atoms with van der Waals surface area (Å²) in [6, 6.07) is 24.0. The molecule has 1 aliphatic rings. The number of carbonyl (C=O) groups excluding carboxylic acids is 3. The van der Waals surface area contributed by atoms with Gasteiger partial charge in [0.25, 0.3) is 5.91 Å². The average Bonchev–Trinajstić information content (AvgIpc) is 3.63. The first-order valence-corrected chi connectivity index (χ1v) is 14.1. The van der Waals surface area contributed by atoms with Gasteiger partial charge in [0.1, 0.15) is 6.04 Å². The molecule has 0 aliphatic carbocycles. The SMILES string of the molecule is CNc1ccc(-c2cc3cc(NC(=O)[C@@H]4CCCN4C(=O)[C@](OC(N)=O)(c4ccccc4)C(C)(C)C)ccc3[nH]2)cc1. The van der Waals surface area contributed by atoms with Crippen LogP contribution in [0.3, 0.4) is 0 Å². The highest BCUT2D eigenvalue weighted by Crippen LogP contribution is 2.45. The van der Waals surface area contributed by atoms with Gasteiger partial charge in [-0.3, -0.25) is 9.59 Å². The third kappa shape index (κ3) is 5.30. The summed E-state index contributed by atoms with van der Waals surface area (Å²) in [4.78, 5) is 45.2. The van der Waals surface area contributed by atoms with E-state index in [9.17, 15) is 14.4 Å². The third-order valence-electron chi connectivity index (χ3n) is 7.98. The van der Waals surface area contributed by atoms with E-state index in [1.54, 1.807) is 24.3 Å². The largest absolute Gasteiger partial charge is 0.427 e. The smallest absolute Gasteiger partial charge is 0.405 e. The predicted molar refractivity (Wildman–Crippen MR) is 165 cm³/mol. The summed E-state index contributed by atoms with van der Waals surface area (Å²) in [5, 5.41) is 7.08. The lowest BCUT2D eigenvalue weighted by Crippen LogP contribution is -2.59. The minimum atomic E-state index is -1.71. The van der Waals surface area contributed by atoms with Gasteiger partial charge in [0, 0.05) is 52.5 Å². The summed E-state index contributed by atoms with van der Waals surface area (Å²) in [5.41, 5.74) is 8.07. The molecular formula is C33H37N5O4. The van der Waals surface area contributed by atoms with E-state index in [0.717, 1.165) is 27.8 Å². The first-order valence-electron chi connectivity index (χ1n) is 14.1. The number of carbonyl (C=O) groups is 3. The molecule has 9 nitrogen and oxygen atoms in total. The molecule has 42 heavy (non-hydrogen) atoms. The topological polar surface area (TPSA) is 130 Å². The Morgan fingerprint density at radius 3 is 2.29 bits per heavy atom. The minimum Gasteiger partial charge on any atom is -0.427 e. The highest BCUT2D eigenvalue weighted by molar-refractivity contribution is 6.01. The fraction of sp³-hybridized carbons (Fsp3) is 0.303. The summed E-state index contributed by atoms with van der Waals surface area (Å²) < 4.78 is 5.72. The Balaban J connectivity index is 1.41. The number of amides is 3. The molecule has 2 atom stereocenters. The monoisotopic (exact) mass is 567 g/mol. The number of primary amides is 1. The number of hydrogen-bond acceptors (Lipinski definition) is 5. The van der Waals surface area contributed by atoms with Crippen molar-refractivity contribution in [2.24, 2.45) is 11.1 Å². The zero-order valence-electron chi connectivity index (χ0n) is 24.4. The number of ether oxygens (including phenoxy) is 1. The molecule has 0 saturated carbocycles. The molecule has 1 saturated heterocycles.